The lowest BCUT2D eigenvalue weighted by atomic mass is 10.0. The second kappa shape index (κ2) is 7.92. The molecule has 1 amide bonds. The number of rotatable bonds is 5. The molecule has 0 aliphatic carbocycles. The van der Waals surface area contributed by atoms with Crippen molar-refractivity contribution in [1.29, 1.82) is 0 Å². The second-order valence-electron chi connectivity index (χ2n) is 6.69. The van der Waals surface area contributed by atoms with Crippen molar-refractivity contribution in [3.63, 3.8) is 0 Å². The van der Waals surface area contributed by atoms with Gasteiger partial charge in [0.25, 0.3) is 5.91 Å². The number of aromatic nitrogens is 2. The Hall–Kier alpha value is -3.66. The minimum Gasteiger partial charge on any atom is -0.320 e. The van der Waals surface area contributed by atoms with Crippen molar-refractivity contribution >= 4 is 11.6 Å². The van der Waals surface area contributed by atoms with Gasteiger partial charge in [0.1, 0.15) is 0 Å². The zero-order valence-electron chi connectivity index (χ0n) is 15.7. The second-order valence-corrected chi connectivity index (χ2v) is 6.69. The Morgan fingerprint density at radius 3 is 2.29 bits per heavy atom. The normalized spacial score (nSPS) is 10.6. The van der Waals surface area contributed by atoms with Crippen LogP contribution in [0.3, 0.4) is 0 Å². The Morgan fingerprint density at radius 2 is 1.54 bits per heavy atom. The van der Waals surface area contributed by atoms with E-state index < -0.39 is 0 Å². The van der Waals surface area contributed by atoms with Crippen LogP contribution in [0.15, 0.2) is 91.0 Å². The quantitative estimate of drug-likeness (QED) is 0.538. The van der Waals surface area contributed by atoms with E-state index in [1.54, 1.807) is 4.68 Å². The first-order chi connectivity index (χ1) is 13.7. The molecular weight excluding hydrogens is 346 g/mol. The summed E-state index contributed by atoms with van der Waals surface area (Å²) in [6.45, 7) is 1.94. The third-order valence-corrected chi connectivity index (χ3v) is 4.62. The maximum absolute atomic E-state index is 12.8. The Bertz CT molecular complexity index is 1090. The van der Waals surface area contributed by atoms with Gasteiger partial charge < -0.3 is 5.32 Å². The third kappa shape index (κ3) is 3.86. The lowest BCUT2D eigenvalue weighted by Gasteiger charge is -2.10. The number of carbonyl (C=O) groups excluding carboxylic acids is 1. The lowest BCUT2D eigenvalue weighted by Crippen LogP contribution is -2.14. The molecule has 0 fully saturated rings. The molecule has 1 N–H and O–H groups in total. The van der Waals surface area contributed by atoms with Crippen LogP contribution in [0.4, 0.5) is 5.69 Å². The first kappa shape index (κ1) is 17.7. The van der Waals surface area contributed by atoms with Crippen LogP contribution < -0.4 is 5.32 Å². The minimum absolute atomic E-state index is 0.210. The SMILES string of the molecule is Cc1cc(C(=O)Nc2ccccc2Cc2ccccc2)nn1-c1ccccc1. The summed E-state index contributed by atoms with van der Waals surface area (Å²) in [5, 5.41) is 7.52. The number of nitrogens with zero attached hydrogens (tertiary/aromatic N) is 2. The molecule has 1 aromatic heterocycles. The average Bonchev–Trinajstić information content (AvgIpc) is 3.13. The molecule has 4 aromatic rings. The van der Waals surface area contributed by atoms with Gasteiger partial charge in [-0.1, -0.05) is 66.7 Å². The maximum Gasteiger partial charge on any atom is 0.276 e. The predicted octanol–water partition coefficient (Wildman–Crippen LogP) is 5.02. The lowest BCUT2D eigenvalue weighted by molar-refractivity contribution is 0.102. The molecule has 1 heterocycles. The summed E-state index contributed by atoms with van der Waals surface area (Å²) in [4.78, 5) is 12.8. The first-order valence-corrected chi connectivity index (χ1v) is 9.26. The topological polar surface area (TPSA) is 46.9 Å². The van der Waals surface area contributed by atoms with Gasteiger partial charge >= 0.3 is 0 Å². The van der Waals surface area contributed by atoms with Gasteiger partial charge in [-0.15, -0.1) is 0 Å². The summed E-state index contributed by atoms with van der Waals surface area (Å²) in [5.74, 6) is -0.210. The van der Waals surface area contributed by atoms with Gasteiger partial charge in [-0.3, -0.25) is 4.79 Å². The predicted molar refractivity (Wildman–Crippen MR) is 112 cm³/mol. The molecule has 138 valence electrons. The van der Waals surface area contributed by atoms with Crippen molar-refractivity contribution in [1.82, 2.24) is 9.78 Å². The van der Waals surface area contributed by atoms with Gasteiger partial charge in [0, 0.05) is 11.4 Å². The number of benzene rings is 3. The van der Waals surface area contributed by atoms with E-state index in [1.165, 1.54) is 5.56 Å². The summed E-state index contributed by atoms with van der Waals surface area (Å²) < 4.78 is 1.78. The van der Waals surface area contributed by atoms with E-state index in [4.69, 9.17) is 0 Å². The zero-order valence-corrected chi connectivity index (χ0v) is 15.7. The molecule has 0 spiro atoms. The molecule has 0 aliphatic rings. The Morgan fingerprint density at radius 1 is 0.893 bits per heavy atom. The van der Waals surface area contributed by atoms with E-state index >= 15 is 0 Å². The highest BCUT2D eigenvalue weighted by Crippen LogP contribution is 2.20. The summed E-state index contributed by atoms with van der Waals surface area (Å²) in [6, 6.07) is 29.7. The molecule has 4 heteroatoms. The van der Waals surface area contributed by atoms with E-state index in [2.05, 4.69) is 22.5 Å². The fourth-order valence-corrected chi connectivity index (χ4v) is 3.21. The molecule has 0 atom stereocenters. The van der Waals surface area contributed by atoms with Crippen molar-refractivity contribution < 1.29 is 4.79 Å². The molecule has 4 nitrogen and oxygen atoms in total. The van der Waals surface area contributed by atoms with Crippen molar-refractivity contribution in [2.45, 2.75) is 13.3 Å². The highest BCUT2D eigenvalue weighted by atomic mass is 16.1. The third-order valence-electron chi connectivity index (χ3n) is 4.62. The number of aryl methyl sites for hydroxylation is 1. The molecule has 0 aliphatic heterocycles. The van der Waals surface area contributed by atoms with E-state index in [0.717, 1.165) is 29.1 Å². The number of nitrogens with one attached hydrogen (secondary N) is 1. The van der Waals surface area contributed by atoms with Gasteiger partial charge in [-0.05, 0) is 48.7 Å². The van der Waals surface area contributed by atoms with Crippen LogP contribution in [0.5, 0.6) is 0 Å². The average molecular weight is 367 g/mol. The minimum atomic E-state index is -0.210. The molecule has 0 saturated carbocycles. The van der Waals surface area contributed by atoms with Crippen molar-refractivity contribution in [2.75, 3.05) is 5.32 Å². The van der Waals surface area contributed by atoms with Gasteiger partial charge in [0.05, 0.1) is 5.69 Å². The van der Waals surface area contributed by atoms with E-state index in [0.29, 0.717) is 5.69 Å². The van der Waals surface area contributed by atoms with Crippen molar-refractivity contribution in [3.8, 4) is 5.69 Å². The number of anilines is 1. The van der Waals surface area contributed by atoms with Crippen molar-refractivity contribution in [3.05, 3.63) is 114 Å². The van der Waals surface area contributed by atoms with Crippen LogP contribution in [0.25, 0.3) is 5.69 Å². The highest BCUT2D eigenvalue weighted by Gasteiger charge is 2.15. The number of hydrogen-bond donors (Lipinski definition) is 1. The van der Waals surface area contributed by atoms with Crippen LogP contribution in [0.1, 0.15) is 27.3 Å². The number of para-hydroxylation sites is 2. The number of hydrogen-bond acceptors (Lipinski definition) is 2. The van der Waals surface area contributed by atoms with Gasteiger partial charge in [-0.2, -0.15) is 5.10 Å². The molecule has 0 bridgehead atoms. The molecule has 3 aromatic carbocycles. The summed E-state index contributed by atoms with van der Waals surface area (Å²) in [7, 11) is 0. The largest absolute Gasteiger partial charge is 0.320 e. The molecule has 4 rings (SSSR count). The van der Waals surface area contributed by atoms with Crippen molar-refractivity contribution in [2.24, 2.45) is 0 Å². The molecule has 0 unspecified atom stereocenters. The summed E-state index contributed by atoms with van der Waals surface area (Å²) >= 11 is 0. The standard InChI is InChI=1S/C24H21N3O/c1-18-16-23(26-27(18)21-13-6-3-7-14-21)24(28)25-22-15-9-8-12-20(22)17-19-10-4-2-5-11-19/h2-16H,17H2,1H3,(H,25,28). The van der Waals surface area contributed by atoms with E-state index in [1.807, 2.05) is 85.8 Å². The van der Waals surface area contributed by atoms with Gasteiger partial charge in [-0.25, -0.2) is 4.68 Å². The fourth-order valence-electron chi connectivity index (χ4n) is 3.21. The Balaban J connectivity index is 1.57. The summed E-state index contributed by atoms with van der Waals surface area (Å²) in [6.07, 6.45) is 0.759. The van der Waals surface area contributed by atoms with Gasteiger partial charge in [0.15, 0.2) is 5.69 Å². The maximum atomic E-state index is 12.8. The molecule has 28 heavy (non-hydrogen) atoms. The van der Waals surface area contributed by atoms with Crippen LogP contribution >= 0.6 is 0 Å². The van der Waals surface area contributed by atoms with Crippen LogP contribution in [-0.2, 0) is 6.42 Å². The Kier molecular flexibility index (Phi) is 5.02. The number of carbonyl (C=O) groups is 1. The van der Waals surface area contributed by atoms with Crippen LogP contribution in [-0.4, -0.2) is 15.7 Å². The van der Waals surface area contributed by atoms with E-state index in [9.17, 15) is 4.79 Å². The van der Waals surface area contributed by atoms with Crippen LogP contribution in [0.2, 0.25) is 0 Å². The number of amides is 1. The Labute approximate surface area is 164 Å². The zero-order chi connectivity index (χ0) is 19.3. The fraction of sp³-hybridized carbons (Fsp3) is 0.0833. The molecule has 0 radical (unpaired) electrons. The molecular formula is C24H21N3O. The summed E-state index contributed by atoms with van der Waals surface area (Å²) in [5.41, 5.74) is 5.33. The van der Waals surface area contributed by atoms with E-state index in [-0.39, 0.29) is 5.91 Å². The smallest absolute Gasteiger partial charge is 0.276 e. The monoisotopic (exact) mass is 367 g/mol. The first-order valence-electron chi connectivity index (χ1n) is 9.26. The van der Waals surface area contributed by atoms with Crippen LogP contribution in [0, 0.1) is 6.92 Å². The highest BCUT2D eigenvalue weighted by molar-refractivity contribution is 6.03. The van der Waals surface area contributed by atoms with Gasteiger partial charge in [0.2, 0.25) is 0 Å². The molecule has 0 saturated heterocycles.